The molecule has 0 atom stereocenters. The summed E-state index contributed by atoms with van der Waals surface area (Å²) in [5, 5.41) is 5.32. The van der Waals surface area contributed by atoms with Crippen molar-refractivity contribution in [3.05, 3.63) is 96.1 Å². The fourth-order valence-corrected chi connectivity index (χ4v) is 10.6. The van der Waals surface area contributed by atoms with Gasteiger partial charge < -0.3 is 9.47 Å². The SMILES string of the molecule is COc1cc2c(cc1C)[Si](c1ccccc1)(c1ccccc1)c1cc(C)c(OC(C)=O)cc1-2. The monoisotopic (exact) mass is 450 g/mol. The zero-order chi connectivity index (χ0) is 23.2. The molecule has 0 radical (unpaired) electrons. The van der Waals surface area contributed by atoms with Crippen molar-refractivity contribution in [2.24, 2.45) is 0 Å². The van der Waals surface area contributed by atoms with Gasteiger partial charge in [-0.25, -0.2) is 0 Å². The number of esters is 1. The van der Waals surface area contributed by atoms with E-state index in [4.69, 9.17) is 9.47 Å². The lowest BCUT2D eigenvalue weighted by molar-refractivity contribution is -0.131. The van der Waals surface area contributed by atoms with Gasteiger partial charge in [0.2, 0.25) is 0 Å². The van der Waals surface area contributed by atoms with Gasteiger partial charge in [-0.1, -0.05) is 72.8 Å². The maximum atomic E-state index is 11.8. The van der Waals surface area contributed by atoms with Crippen molar-refractivity contribution in [2.45, 2.75) is 20.8 Å². The molecule has 0 aromatic heterocycles. The molecular formula is C29H26O3Si. The lowest BCUT2D eigenvalue weighted by atomic mass is 10.0. The van der Waals surface area contributed by atoms with E-state index in [0.717, 1.165) is 28.0 Å². The third kappa shape index (κ3) is 3.21. The van der Waals surface area contributed by atoms with E-state index < -0.39 is 8.07 Å². The number of carbonyl (C=O) groups is 1. The van der Waals surface area contributed by atoms with E-state index in [1.807, 2.05) is 13.0 Å². The summed E-state index contributed by atoms with van der Waals surface area (Å²) in [5.74, 6) is 1.16. The molecule has 1 aliphatic rings. The highest BCUT2D eigenvalue weighted by atomic mass is 28.3. The first-order chi connectivity index (χ1) is 16.0. The van der Waals surface area contributed by atoms with Crippen LogP contribution in [-0.4, -0.2) is 21.2 Å². The molecule has 0 saturated heterocycles. The van der Waals surface area contributed by atoms with Gasteiger partial charge in [0.05, 0.1) is 7.11 Å². The number of hydrogen-bond acceptors (Lipinski definition) is 3. The Hall–Kier alpha value is -3.63. The Morgan fingerprint density at radius 2 is 1.15 bits per heavy atom. The third-order valence-corrected chi connectivity index (χ3v) is 11.5. The Morgan fingerprint density at radius 3 is 1.61 bits per heavy atom. The first kappa shape index (κ1) is 21.2. The molecule has 1 aliphatic heterocycles. The van der Waals surface area contributed by atoms with Gasteiger partial charge in [-0.3, -0.25) is 4.79 Å². The summed E-state index contributed by atoms with van der Waals surface area (Å²) in [4.78, 5) is 11.8. The second-order valence-corrected chi connectivity index (χ2v) is 12.3. The number of hydrogen-bond donors (Lipinski definition) is 0. The van der Waals surface area contributed by atoms with E-state index in [1.54, 1.807) is 7.11 Å². The Balaban J connectivity index is 1.95. The summed E-state index contributed by atoms with van der Waals surface area (Å²) in [6.07, 6.45) is 0. The summed E-state index contributed by atoms with van der Waals surface area (Å²) in [5.41, 5.74) is 4.35. The van der Waals surface area contributed by atoms with Gasteiger partial charge >= 0.3 is 5.97 Å². The fourth-order valence-electron chi connectivity index (χ4n) is 5.24. The van der Waals surface area contributed by atoms with Crippen molar-refractivity contribution in [2.75, 3.05) is 7.11 Å². The second kappa shape index (κ2) is 8.05. The largest absolute Gasteiger partial charge is 0.496 e. The van der Waals surface area contributed by atoms with Gasteiger partial charge in [-0.05, 0) is 69.0 Å². The molecule has 0 N–H and O–H groups in total. The molecule has 4 aromatic rings. The fraction of sp³-hybridized carbons (Fsp3) is 0.138. The van der Waals surface area contributed by atoms with Gasteiger partial charge in [0.15, 0.2) is 8.07 Å². The molecule has 0 aliphatic carbocycles. The molecule has 0 amide bonds. The zero-order valence-electron chi connectivity index (χ0n) is 19.3. The average molecular weight is 451 g/mol. The van der Waals surface area contributed by atoms with Gasteiger partial charge in [0.25, 0.3) is 0 Å². The lowest BCUT2D eigenvalue weighted by Gasteiger charge is -2.32. The zero-order valence-corrected chi connectivity index (χ0v) is 20.3. The molecule has 0 bridgehead atoms. The molecule has 4 heteroatoms. The molecule has 0 fully saturated rings. The normalized spacial score (nSPS) is 13.2. The van der Waals surface area contributed by atoms with Crippen LogP contribution in [0.25, 0.3) is 11.1 Å². The minimum Gasteiger partial charge on any atom is -0.496 e. The molecule has 0 spiro atoms. The first-order valence-corrected chi connectivity index (χ1v) is 13.1. The van der Waals surface area contributed by atoms with Crippen LogP contribution in [0.5, 0.6) is 11.5 Å². The Kier molecular flexibility index (Phi) is 5.18. The minimum absolute atomic E-state index is 0.313. The van der Waals surface area contributed by atoms with Crippen LogP contribution in [0.15, 0.2) is 84.9 Å². The van der Waals surface area contributed by atoms with Crippen LogP contribution in [0.2, 0.25) is 0 Å². The van der Waals surface area contributed by atoms with E-state index in [1.165, 1.54) is 27.7 Å². The molecule has 0 saturated carbocycles. The van der Waals surface area contributed by atoms with Crippen molar-refractivity contribution in [3.63, 3.8) is 0 Å². The number of carbonyl (C=O) groups excluding carboxylic acids is 1. The number of methoxy groups -OCH3 is 1. The summed E-state index contributed by atoms with van der Waals surface area (Å²) in [6.45, 7) is 5.56. The summed E-state index contributed by atoms with van der Waals surface area (Å²) in [6, 6.07) is 30.4. The highest BCUT2D eigenvalue weighted by molar-refractivity contribution is 7.22. The van der Waals surface area contributed by atoms with Crippen molar-refractivity contribution < 1.29 is 14.3 Å². The molecule has 3 nitrogen and oxygen atoms in total. The Morgan fingerprint density at radius 1 is 0.697 bits per heavy atom. The molecule has 1 heterocycles. The number of fused-ring (bicyclic) bond motifs is 3. The van der Waals surface area contributed by atoms with Crippen molar-refractivity contribution >= 4 is 34.8 Å². The first-order valence-electron chi connectivity index (χ1n) is 11.1. The smallest absolute Gasteiger partial charge is 0.308 e. The van der Waals surface area contributed by atoms with E-state index in [2.05, 4.69) is 85.8 Å². The molecule has 33 heavy (non-hydrogen) atoms. The summed E-state index contributed by atoms with van der Waals surface area (Å²) in [7, 11) is -0.872. The van der Waals surface area contributed by atoms with Crippen LogP contribution in [0, 0.1) is 13.8 Å². The van der Waals surface area contributed by atoms with Crippen LogP contribution in [0.4, 0.5) is 0 Å². The number of benzene rings is 4. The van der Waals surface area contributed by atoms with Crippen LogP contribution in [-0.2, 0) is 4.79 Å². The van der Waals surface area contributed by atoms with Crippen LogP contribution >= 0.6 is 0 Å². The summed E-state index contributed by atoms with van der Waals surface area (Å²) >= 11 is 0. The van der Waals surface area contributed by atoms with Crippen molar-refractivity contribution in [1.82, 2.24) is 0 Å². The van der Waals surface area contributed by atoms with Gasteiger partial charge in [0.1, 0.15) is 11.5 Å². The molecular weight excluding hydrogens is 424 g/mol. The van der Waals surface area contributed by atoms with E-state index in [9.17, 15) is 4.79 Å². The van der Waals surface area contributed by atoms with E-state index in [-0.39, 0.29) is 5.97 Å². The highest BCUT2D eigenvalue weighted by Crippen LogP contribution is 2.36. The Bertz CT molecular complexity index is 1320. The van der Waals surface area contributed by atoms with Crippen molar-refractivity contribution in [3.8, 4) is 22.6 Å². The van der Waals surface area contributed by atoms with Gasteiger partial charge in [0, 0.05) is 6.92 Å². The van der Waals surface area contributed by atoms with E-state index >= 15 is 0 Å². The predicted molar refractivity (Wildman–Crippen MR) is 136 cm³/mol. The lowest BCUT2D eigenvalue weighted by Crippen LogP contribution is -2.72. The standard InChI is InChI=1S/C29H26O3Si/c1-19-15-28-24(17-26(19)31-4)25-18-27(32-21(3)30)20(2)16-29(25)33(28,22-11-7-5-8-12-22)23-13-9-6-10-14-23/h5-18H,1-4H3. The highest BCUT2D eigenvalue weighted by Gasteiger charge is 2.49. The molecule has 5 rings (SSSR count). The van der Waals surface area contributed by atoms with Crippen LogP contribution in [0.3, 0.4) is 0 Å². The maximum Gasteiger partial charge on any atom is 0.308 e. The maximum absolute atomic E-state index is 11.8. The number of aryl methyl sites for hydroxylation is 2. The average Bonchev–Trinajstić information content (AvgIpc) is 3.08. The molecule has 0 unspecified atom stereocenters. The second-order valence-electron chi connectivity index (χ2n) is 8.61. The number of ether oxygens (including phenoxy) is 2. The van der Waals surface area contributed by atoms with Gasteiger partial charge in [-0.2, -0.15) is 0 Å². The Labute approximate surface area is 195 Å². The quantitative estimate of drug-likeness (QED) is 0.238. The topological polar surface area (TPSA) is 35.5 Å². The van der Waals surface area contributed by atoms with Crippen molar-refractivity contribution in [1.29, 1.82) is 0 Å². The predicted octanol–water partition coefficient (Wildman–Crippen LogP) is 3.60. The van der Waals surface area contributed by atoms with E-state index in [0.29, 0.717) is 5.75 Å². The minimum atomic E-state index is -2.58. The van der Waals surface area contributed by atoms with Crippen LogP contribution < -0.4 is 30.2 Å². The summed E-state index contributed by atoms with van der Waals surface area (Å²) < 4.78 is 11.3. The molecule has 4 aromatic carbocycles. The molecule has 164 valence electrons. The third-order valence-electron chi connectivity index (χ3n) is 6.62. The van der Waals surface area contributed by atoms with Crippen LogP contribution in [0.1, 0.15) is 18.1 Å². The number of rotatable bonds is 4. The van der Waals surface area contributed by atoms with Gasteiger partial charge in [-0.15, -0.1) is 0 Å².